The van der Waals surface area contributed by atoms with Crippen LogP contribution in [0.3, 0.4) is 0 Å². The normalized spacial score (nSPS) is 12.4. The Kier molecular flexibility index (Phi) is 6.50. The van der Waals surface area contributed by atoms with Crippen molar-refractivity contribution in [3.05, 3.63) is 64.2 Å². The van der Waals surface area contributed by atoms with Crippen LogP contribution >= 0.6 is 8.03 Å². The topological polar surface area (TPSA) is 141 Å². The predicted molar refractivity (Wildman–Crippen MR) is 104 cm³/mol. The minimum atomic E-state index is -4.27. The Morgan fingerprint density at radius 3 is 2.11 bits per heavy atom. The predicted octanol–water partition coefficient (Wildman–Crippen LogP) is 1.90. The van der Waals surface area contributed by atoms with Crippen molar-refractivity contribution in [2.45, 2.75) is 6.61 Å². The Morgan fingerprint density at radius 1 is 1.04 bits per heavy atom. The SMILES string of the molecule is CS(=O)(=O)N(c1ccc([N+](=O)[O-])c([P+](=O)OCc2ccccc2)c1)S(C)(=O)=O. The molecule has 0 aliphatic rings. The van der Waals surface area contributed by atoms with E-state index >= 15 is 0 Å². The van der Waals surface area contributed by atoms with Gasteiger partial charge >= 0.3 is 19.0 Å². The molecule has 1 unspecified atom stereocenters. The van der Waals surface area contributed by atoms with Crippen LogP contribution in [-0.4, -0.2) is 34.3 Å². The van der Waals surface area contributed by atoms with Gasteiger partial charge in [0.15, 0.2) is 0 Å². The molecule has 2 aromatic carbocycles. The van der Waals surface area contributed by atoms with Crippen molar-refractivity contribution < 1.29 is 30.8 Å². The van der Waals surface area contributed by atoms with Crippen molar-refractivity contribution in [1.29, 1.82) is 0 Å². The smallest absolute Gasteiger partial charge is 0.258 e. The molecule has 0 radical (unpaired) electrons. The lowest BCUT2D eigenvalue weighted by atomic mass is 10.2. The zero-order valence-electron chi connectivity index (χ0n) is 14.8. The first-order valence-electron chi connectivity index (χ1n) is 7.54. The first-order chi connectivity index (χ1) is 12.9. The fraction of sp³-hybridized carbons (Fsp3) is 0.200. The molecule has 150 valence electrons. The Morgan fingerprint density at radius 2 is 1.61 bits per heavy atom. The largest absolute Gasteiger partial charge is 0.556 e. The number of rotatable bonds is 8. The summed E-state index contributed by atoms with van der Waals surface area (Å²) in [4.78, 5) is 10.4. The van der Waals surface area contributed by atoms with Gasteiger partial charge in [-0.15, -0.1) is 4.52 Å². The van der Waals surface area contributed by atoms with Crippen LogP contribution in [0.15, 0.2) is 48.5 Å². The quantitative estimate of drug-likeness (QED) is 0.339. The molecule has 0 heterocycles. The molecule has 28 heavy (non-hydrogen) atoms. The van der Waals surface area contributed by atoms with E-state index in [1.54, 1.807) is 30.3 Å². The summed E-state index contributed by atoms with van der Waals surface area (Å²) in [6.45, 7) is -0.112. The van der Waals surface area contributed by atoms with Gasteiger partial charge in [-0.3, -0.25) is 10.1 Å². The third kappa shape index (κ3) is 5.32. The highest BCUT2D eigenvalue weighted by atomic mass is 32.3. The number of benzene rings is 2. The van der Waals surface area contributed by atoms with E-state index < -0.39 is 49.7 Å². The lowest BCUT2D eigenvalue weighted by Gasteiger charge is -2.19. The van der Waals surface area contributed by atoms with Crippen LogP contribution < -0.4 is 9.02 Å². The first-order valence-corrected chi connectivity index (χ1v) is 12.4. The van der Waals surface area contributed by atoms with Gasteiger partial charge in [0, 0.05) is 12.1 Å². The summed E-state index contributed by atoms with van der Waals surface area (Å²) in [7, 11) is -11.3. The van der Waals surface area contributed by atoms with E-state index in [1.165, 1.54) is 0 Å². The van der Waals surface area contributed by atoms with Crippen LogP contribution in [0, 0.1) is 10.1 Å². The van der Waals surface area contributed by atoms with Crippen LogP contribution in [0.5, 0.6) is 0 Å². The molecule has 13 heteroatoms. The highest BCUT2D eigenvalue weighted by Gasteiger charge is 2.37. The van der Waals surface area contributed by atoms with Gasteiger partial charge in [0.25, 0.3) is 0 Å². The Balaban J connectivity index is 2.48. The van der Waals surface area contributed by atoms with E-state index in [1.807, 2.05) is 0 Å². The molecule has 0 bridgehead atoms. The van der Waals surface area contributed by atoms with Gasteiger partial charge in [-0.1, -0.05) is 30.3 Å². The number of nitro groups is 1. The van der Waals surface area contributed by atoms with E-state index in [0.29, 0.717) is 18.1 Å². The van der Waals surface area contributed by atoms with Gasteiger partial charge in [0.1, 0.15) is 6.61 Å². The van der Waals surface area contributed by atoms with Gasteiger partial charge in [0.05, 0.1) is 23.1 Å². The second-order valence-corrected chi connectivity index (χ2v) is 10.8. The molecule has 0 amide bonds. The number of hydrogen-bond donors (Lipinski definition) is 0. The molecule has 0 aliphatic carbocycles. The molecular formula is C15H16N2O8PS2+. The Bertz CT molecular complexity index is 1090. The summed E-state index contributed by atoms with van der Waals surface area (Å²) in [5, 5.41) is 10.8. The average molecular weight is 447 g/mol. The molecule has 2 aromatic rings. The van der Waals surface area contributed by atoms with E-state index in [4.69, 9.17) is 4.52 Å². The van der Waals surface area contributed by atoms with Crippen LogP contribution in [0.25, 0.3) is 0 Å². The Hall–Kier alpha value is -2.40. The Labute approximate surface area is 162 Å². The molecular weight excluding hydrogens is 431 g/mol. The summed E-state index contributed by atoms with van der Waals surface area (Å²) in [5.41, 5.74) is -0.323. The molecule has 0 saturated heterocycles. The molecule has 2 rings (SSSR count). The lowest BCUT2D eigenvalue weighted by molar-refractivity contribution is -0.383. The summed E-state index contributed by atoms with van der Waals surface area (Å²) < 4.78 is 65.4. The van der Waals surface area contributed by atoms with Crippen molar-refractivity contribution in [3.8, 4) is 0 Å². The number of nitrogens with zero attached hydrogens (tertiary/aromatic N) is 2. The van der Waals surface area contributed by atoms with E-state index in [-0.39, 0.29) is 10.3 Å². The van der Waals surface area contributed by atoms with E-state index in [9.17, 15) is 31.5 Å². The lowest BCUT2D eigenvalue weighted by Crippen LogP contribution is -2.35. The third-order valence-electron chi connectivity index (χ3n) is 3.36. The molecule has 0 saturated carbocycles. The van der Waals surface area contributed by atoms with Crippen molar-refractivity contribution in [2.75, 3.05) is 16.2 Å². The number of sulfonamides is 2. The van der Waals surface area contributed by atoms with Crippen molar-refractivity contribution in [3.63, 3.8) is 0 Å². The number of anilines is 1. The highest BCUT2D eigenvalue weighted by molar-refractivity contribution is 8.09. The highest BCUT2D eigenvalue weighted by Crippen LogP contribution is 2.32. The van der Waals surface area contributed by atoms with Crippen LogP contribution in [0.4, 0.5) is 11.4 Å². The summed E-state index contributed by atoms with van der Waals surface area (Å²) in [6, 6.07) is 11.3. The zero-order valence-corrected chi connectivity index (χ0v) is 17.3. The van der Waals surface area contributed by atoms with E-state index in [2.05, 4.69) is 0 Å². The molecule has 0 N–H and O–H groups in total. The molecule has 0 aromatic heterocycles. The maximum absolute atomic E-state index is 12.5. The van der Waals surface area contributed by atoms with Gasteiger partial charge in [-0.25, -0.2) is 16.8 Å². The van der Waals surface area contributed by atoms with Crippen molar-refractivity contribution in [1.82, 2.24) is 0 Å². The number of nitro benzene ring substituents is 1. The molecule has 10 nitrogen and oxygen atoms in total. The minimum Gasteiger partial charge on any atom is -0.258 e. The van der Waals surface area contributed by atoms with Gasteiger partial charge in [0.2, 0.25) is 20.0 Å². The van der Waals surface area contributed by atoms with E-state index in [0.717, 1.165) is 18.2 Å². The number of hydrogen-bond acceptors (Lipinski definition) is 8. The average Bonchev–Trinajstić information content (AvgIpc) is 2.57. The second-order valence-electron chi connectivity index (χ2n) is 5.67. The summed E-state index contributed by atoms with van der Waals surface area (Å²) >= 11 is 0. The first kappa shape index (κ1) is 21.9. The maximum Gasteiger partial charge on any atom is 0.556 e. The molecule has 0 fully saturated rings. The second kappa shape index (κ2) is 8.31. The van der Waals surface area contributed by atoms with Crippen molar-refractivity contribution >= 4 is 44.8 Å². The van der Waals surface area contributed by atoms with Gasteiger partial charge in [-0.2, -0.15) is 3.71 Å². The molecule has 1 atom stereocenters. The van der Waals surface area contributed by atoms with Gasteiger partial charge < -0.3 is 0 Å². The van der Waals surface area contributed by atoms with Crippen LogP contribution in [0.1, 0.15) is 5.56 Å². The van der Waals surface area contributed by atoms with Gasteiger partial charge in [-0.05, 0) is 16.2 Å². The summed E-state index contributed by atoms with van der Waals surface area (Å²) in [5.74, 6) is 0. The fourth-order valence-electron chi connectivity index (χ4n) is 2.33. The monoisotopic (exact) mass is 447 g/mol. The third-order valence-corrected chi connectivity index (χ3v) is 7.72. The standard InChI is InChI=1S/C15H16N2O8PS2/c1-27(21,22)17(28(2,23)24)13-8-9-14(16(18)19)15(10-13)26(20)25-11-12-6-4-3-5-7-12/h3-10H,11H2,1-2H3/q+1. The summed E-state index contributed by atoms with van der Waals surface area (Å²) in [6.07, 6.45) is 1.34. The van der Waals surface area contributed by atoms with Crippen LogP contribution in [0.2, 0.25) is 0 Å². The fourth-order valence-corrected chi connectivity index (χ4v) is 6.28. The molecule has 0 aliphatic heterocycles. The van der Waals surface area contributed by atoms with Crippen molar-refractivity contribution in [2.24, 2.45) is 0 Å². The zero-order chi connectivity index (χ0) is 21.1. The van der Waals surface area contributed by atoms with Crippen LogP contribution in [-0.2, 0) is 35.7 Å². The maximum atomic E-state index is 12.5. The molecule has 0 spiro atoms. The minimum absolute atomic E-state index is 0.105.